The van der Waals surface area contributed by atoms with Gasteiger partial charge in [0.15, 0.2) is 11.5 Å². The standard InChI is InChI=1S/C15H13BrN2O3S/c1-9-7-12(4-5-13(9)16)22(19,20)18-11-3-6-14-15(8-11)21-10(2)17-14/h3-8,18H,1-2H3. The van der Waals surface area contributed by atoms with E-state index in [1.165, 1.54) is 0 Å². The average molecular weight is 381 g/mol. The minimum Gasteiger partial charge on any atom is -0.441 e. The Kier molecular flexibility index (Phi) is 3.70. The molecule has 0 aliphatic rings. The highest BCUT2D eigenvalue weighted by Gasteiger charge is 2.16. The van der Waals surface area contributed by atoms with Crippen LogP contribution in [0, 0.1) is 13.8 Å². The smallest absolute Gasteiger partial charge is 0.261 e. The van der Waals surface area contributed by atoms with E-state index in [-0.39, 0.29) is 4.90 Å². The van der Waals surface area contributed by atoms with Gasteiger partial charge in [-0.05, 0) is 42.8 Å². The maximum absolute atomic E-state index is 12.4. The summed E-state index contributed by atoms with van der Waals surface area (Å²) in [5.41, 5.74) is 2.53. The second kappa shape index (κ2) is 5.40. The molecule has 0 radical (unpaired) electrons. The fraction of sp³-hybridized carbons (Fsp3) is 0.133. The van der Waals surface area contributed by atoms with Crippen LogP contribution in [0.15, 0.2) is 50.2 Å². The van der Waals surface area contributed by atoms with Crippen LogP contribution in [0.2, 0.25) is 0 Å². The zero-order valence-corrected chi connectivity index (χ0v) is 14.3. The van der Waals surface area contributed by atoms with Crippen LogP contribution < -0.4 is 4.72 Å². The molecule has 0 fully saturated rings. The van der Waals surface area contributed by atoms with Crippen LogP contribution in [0.5, 0.6) is 0 Å². The monoisotopic (exact) mass is 380 g/mol. The molecule has 2 aromatic carbocycles. The summed E-state index contributed by atoms with van der Waals surface area (Å²) in [6, 6.07) is 9.88. The lowest BCUT2D eigenvalue weighted by Gasteiger charge is -2.09. The minimum absolute atomic E-state index is 0.210. The third kappa shape index (κ3) is 2.86. The van der Waals surface area contributed by atoms with E-state index in [4.69, 9.17) is 4.42 Å². The molecule has 1 N–H and O–H groups in total. The first-order chi connectivity index (χ1) is 10.3. The Bertz CT molecular complexity index is 964. The van der Waals surface area contributed by atoms with E-state index in [2.05, 4.69) is 25.6 Å². The molecule has 114 valence electrons. The Morgan fingerprint density at radius 2 is 1.91 bits per heavy atom. The molecule has 0 aliphatic heterocycles. The van der Waals surface area contributed by atoms with Crippen LogP contribution in [0.4, 0.5) is 5.69 Å². The first kappa shape index (κ1) is 15.1. The molecule has 0 aliphatic carbocycles. The molecule has 0 spiro atoms. The topological polar surface area (TPSA) is 72.2 Å². The molecule has 0 atom stereocenters. The summed E-state index contributed by atoms with van der Waals surface area (Å²) in [5, 5.41) is 0. The van der Waals surface area contributed by atoms with Crippen LogP contribution >= 0.6 is 15.9 Å². The molecule has 5 nitrogen and oxygen atoms in total. The van der Waals surface area contributed by atoms with E-state index in [9.17, 15) is 8.42 Å². The summed E-state index contributed by atoms with van der Waals surface area (Å²) in [6.45, 7) is 3.58. The van der Waals surface area contributed by atoms with Crippen LogP contribution in [-0.2, 0) is 10.0 Å². The fourth-order valence-electron chi connectivity index (χ4n) is 2.10. The molecule has 0 unspecified atom stereocenters. The molecule has 22 heavy (non-hydrogen) atoms. The van der Waals surface area contributed by atoms with E-state index < -0.39 is 10.0 Å². The number of hydrogen-bond acceptors (Lipinski definition) is 4. The summed E-state index contributed by atoms with van der Waals surface area (Å²) >= 11 is 3.36. The summed E-state index contributed by atoms with van der Waals surface area (Å²) in [6.07, 6.45) is 0. The van der Waals surface area contributed by atoms with Crippen molar-refractivity contribution in [2.45, 2.75) is 18.7 Å². The van der Waals surface area contributed by atoms with E-state index in [0.29, 0.717) is 22.7 Å². The zero-order chi connectivity index (χ0) is 15.9. The summed E-state index contributed by atoms with van der Waals surface area (Å²) in [7, 11) is -3.65. The zero-order valence-electron chi connectivity index (χ0n) is 11.9. The highest BCUT2D eigenvalue weighted by molar-refractivity contribution is 9.10. The van der Waals surface area contributed by atoms with Crippen molar-refractivity contribution in [3.63, 3.8) is 0 Å². The summed E-state index contributed by atoms with van der Waals surface area (Å²) < 4.78 is 33.7. The largest absolute Gasteiger partial charge is 0.441 e. The molecule has 7 heteroatoms. The van der Waals surface area contributed by atoms with Gasteiger partial charge in [0, 0.05) is 17.5 Å². The molecule has 1 heterocycles. The predicted molar refractivity (Wildman–Crippen MR) is 88.4 cm³/mol. The number of hydrogen-bond donors (Lipinski definition) is 1. The summed E-state index contributed by atoms with van der Waals surface area (Å²) in [5.74, 6) is 0.540. The number of benzene rings is 2. The van der Waals surface area contributed by atoms with E-state index in [1.54, 1.807) is 43.3 Å². The lowest BCUT2D eigenvalue weighted by molar-refractivity contribution is 0.561. The average Bonchev–Trinajstić information content (AvgIpc) is 2.80. The highest BCUT2D eigenvalue weighted by Crippen LogP contribution is 2.24. The first-order valence-corrected chi connectivity index (χ1v) is 8.79. The molecular weight excluding hydrogens is 368 g/mol. The van der Waals surface area contributed by atoms with Gasteiger partial charge in [0.05, 0.1) is 10.6 Å². The summed E-state index contributed by atoms with van der Waals surface area (Å²) in [4.78, 5) is 4.39. The number of nitrogens with one attached hydrogen (secondary N) is 1. The van der Waals surface area contributed by atoms with Crippen molar-refractivity contribution in [3.8, 4) is 0 Å². The minimum atomic E-state index is -3.65. The van der Waals surface area contributed by atoms with Gasteiger partial charge >= 0.3 is 0 Å². The van der Waals surface area contributed by atoms with Gasteiger partial charge in [-0.1, -0.05) is 15.9 Å². The molecule has 0 saturated heterocycles. The Morgan fingerprint density at radius 3 is 2.64 bits per heavy atom. The first-order valence-electron chi connectivity index (χ1n) is 6.51. The fourth-order valence-corrected chi connectivity index (χ4v) is 3.48. The Balaban J connectivity index is 1.96. The SMILES string of the molecule is Cc1nc2ccc(NS(=O)(=O)c3ccc(Br)c(C)c3)cc2o1. The number of rotatable bonds is 3. The number of fused-ring (bicyclic) bond motifs is 1. The molecule has 3 rings (SSSR count). The molecule has 0 amide bonds. The quantitative estimate of drug-likeness (QED) is 0.744. The van der Waals surface area contributed by atoms with Crippen molar-refractivity contribution in [1.29, 1.82) is 0 Å². The second-order valence-corrected chi connectivity index (χ2v) is 7.47. The maximum Gasteiger partial charge on any atom is 0.261 e. The van der Waals surface area contributed by atoms with Crippen LogP contribution in [-0.4, -0.2) is 13.4 Å². The predicted octanol–water partition coefficient (Wildman–Crippen LogP) is 4.01. The van der Waals surface area contributed by atoms with Crippen LogP contribution in [0.25, 0.3) is 11.1 Å². The molecule has 0 saturated carbocycles. The Morgan fingerprint density at radius 1 is 1.14 bits per heavy atom. The lowest BCUT2D eigenvalue weighted by atomic mass is 10.2. The van der Waals surface area contributed by atoms with Crippen molar-refractivity contribution in [3.05, 3.63) is 52.3 Å². The van der Waals surface area contributed by atoms with Crippen molar-refractivity contribution < 1.29 is 12.8 Å². The Labute approximate surface area is 136 Å². The molecule has 0 bridgehead atoms. The Hall–Kier alpha value is -1.86. The van der Waals surface area contributed by atoms with Crippen LogP contribution in [0.3, 0.4) is 0 Å². The third-order valence-corrected chi connectivity index (χ3v) is 5.46. The van der Waals surface area contributed by atoms with E-state index >= 15 is 0 Å². The van der Waals surface area contributed by atoms with Crippen LogP contribution in [0.1, 0.15) is 11.5 Å². The second-order valence-electron chi connectivity index (χ2n) is 4.93. The van der Waals surface area contributed by atoms with E-state index in [1.807, 2.05) is 6.92 Å². The number of halogens is 1. The van der Waals surface area contributed by atoms with Crippen molar-refractivity contribution in [2.75, 3.05) is 4.72 Å². The van der Waals surface area contributed by atoms with Gasteiger partial charge in [-0.15, -0.1) is 0 Å². The van der Waals surface area contributed by atoms with Crippen molar-refractivity contribution in [1.82, 2.24) is 4.98 Å². The van der Waals surface area contributed by atoms with Gasteiger partial charge in [0.25, 0.3) is 10.0 Å². The normalized spacial score (nSPS) is 11.8. The molecule has 3 aromatic rings. The molecular formula is C15H13BrN2O3S. The van der Waals surface area contributed by atoms with Crippen molar-refractivity contribution in [2.24, 2.45) is 0 Å². The lowest BCUT2D eigenvalue weighted by Crippen LogP contribution is -2.13. The van der Waals surface area contributed by atoms with Gasteiger partial charge < -0.3 is 4.42 Å². The van der Waals surface area contributed by atoms with Crippen molar-refractivity contribution >= 4 is 42.7 Å². The number of aryl methyl sites for hydroxylation is 2. The van der Waals surface area contributed by atoms with Gasteiger partial charge in [-0.2, -0.15) is 0 Å². The van der Waals surface area contributed by atoms with Gasteiger partial charge in [0.1, 0.15) is 5.52 Å². The number of nitrogens with zero attached hydrogens (tertiary/aromatic N) is 1. The maximum atomic E-state index is 12.4. The highest BCUT2D eigenvalue weighted by atomic mass is 79.9. The van der Waals surface area contributed by atoms with Gasteiger partial charge in [-0.3, -0.25) is 4.72 Å². The van der Waals surface area contributed by atoms with Gasteiger partial charge in [-0.25, -0.2) is 13.4 Å². The number of sulfonamides is 1. The number of oxazole rings is 1. The molecule has 1 aromatic heterocycles. The van der Waals surface area contributed by atoms with E-state index in [0.717, 1.165) is 10.0 Å². The third-order valence-electron chi connectivity index (χ3n) is 3.19. The number of aromatic nitrogens is 1. The number of anilines is 1. The van der Waals surface area contributed by atoms with Gasteiger partial charge in [0.2, 0.25) is 0 Å².